The molecule has 2 aliphatic heterocycles. The van der Waals surface area contributed by atoms with Crippen molar-refractivity contribution in [1.82, 2.24) is 20.3 Å². The normalized spacial score (nSPS) is 21.7. The van der Waals surface area contributed by atoms with E-state index in [0.717, 1.165) is 43.4 Å². The van der Waals surface area contributed by atoms with Gasteiger partial charge in [0.2, 0.25) is 5.95 Å². The first-order valence-corrected chi connectivity index (χ1v) is 9.43. The van der Waals surface area contributed by atoms with Gasteiger partial charge in [0.15, 0.2) is 0 Å². The third-order valence-electron chi connectivity index (χ3n) is 5.14. The van der Waals surface area contributed by atoms with Gasteiger partial charge < -0.3 is 10.2 Å². The summed E-state index contributed by atoms with van der Waals surface area (Å²) in [5.41, 5.74) is 0.624. The lowest BCUT2D eigenvalue weighted by molar-refractivity contribution is -0.137. The molecule has 1 N–H and O–H groups in total. The van der Waals surface area contributed by atoms with Crippen LogP contribution in [0.2, 0.25) is 0 Å². The van der Waals surface area contributed by atoms with Crippen LogP contribution in [0.3, 0.4) is 0 Å². The van der Waals surface area contributed by atoms with Crippen LogP contribution in [0.25, 0.3) is 0 Å². The summed E-state index contributed by atoms with van der Waals surface area (Å²) in [5.74, 6) is -2.46. The van der Waals surface area contributed by atoms with Gasteiger partial charge in [0, 0.05) is 30.8 Å². The summed E-state index contributed by atoms with van der Waals surface area (Å²) in [5, 5.41) is 3.28. The molecule has 4 rings (SSSR count). The number of aromatic nitrogens is 3. The van der Waals surface area contributed by atoms with Crippen LogP contribution in [-0.4, -0.2) is 47.1 Å². The summed E-state index contributed by atoms with van der Waals surface area (Å²) in [6, 6.07) is 3.65. The van der Waals surface area contributed by atoms with Gasteiger partial charge in [-0.15, -0.1) is 0 Å². The Bertz CT molecular complexity index is 872. The zero-order chi connectivity index (χ0) is 20.6. The van der Waals surface area contributed by atoms with E-state index < -0.39 is 30.8 Å². The summed E-state index contributed by atoms with van der Waals surface area (Å²) in [4.78, 5) is 14.2. The third kappa shape index (κ3) is 4.63. The molecular formula is C19H20F5N5. The number of nitrogens with zero attached hydrogens (tertiary/aromatic N) is 4. The maximum Gasteiger partial charge on any atom is 0.416 e. The highest BCUT2D eigenvalue weighted by Crippen LogP contribution is 2.32. The van der Waals surface area contributed by atoms with Gasteiger partial charge in [-0.1, -0.05) is 0 Å². The Labute approximate surface area is 164 Å². The number of rotatable bonds is 4. The van der Waals surface area contributed by atoms with E-state index in [1.165, 1.54) is 4.90 Å². The van der Waals surface area contributed by atoms with Crippen LogP contribution in [0.5, 0.6) is 0 Å². The van der Waals surface area contributed by atoms with Crippen molar-refractivity contribution in [3.63, 3.8) is 0 Å². The van der Waals surface area contributed by atoms with Gasteiger partial charge in [-0.25, -0.2) is 18.7 Å². The van der Waals surface area contributed by atoms with Crippen molar-refractivity contribution in [2.24, 2.45) is 0 Å². The average Bonchev–Trinajstić information content (AvgIpc) is 2.66. The van der Waals surface area contributed by atoms with E-state index in [4.69, 9.17) is 0 Å². The van der Waals surface area contributed by atoms with Crippen molar-refractivity contribution in [2.75, 3.05) is 31.1 Å². The van der Waals surface area contributed by atoms with Crippen LogP contribution in [0.4, 0.5) is 27.9 Å². The van der Waals surface area contributed by atoms with Gasteiger partial charge in [-0.3, -0.25) is 4.98 Å². The van der Waals surface area contributed by atoms with Crippen LogP contribution >= 0.6 is 0 Å². The van der Waals surface area contributed by atoms with Crippen molar-refractivity contribution in [2.45, 2.75) is 37.3 Å². The van der Waals surface area contributed by atoms with E-state index in [1.807, 2.05) is 0 Å². The highest BCUT2D eigenvalue weighted by Gasteiger charge is 2.45. The maximum absolute atomic E-state index is 13.3. The second-order valence-electron chi connectivity index (χ2n) is 7.55. The minimum atomic E-state index is -4.46. The first kappa shape index (κ1) is 19.9. The second kappa shape index (κ2) is 7.47. The van der Waals surface area contributed by atoms with Crippen LogP contribution in [-0.2, 0) is 12.6 Å². The monoisotopic (exact) mass is 413 g/mol. The summed E-state index contributed by atoms with van der Waals surface area (Å²) < 4.78 is 65.5. The van der Waals surface area contributed by atoms with E-state index in [-0.39, 0.29) is 24.0 Å². The van der Waals surface area contributed by atoms with Crippen LogP contribution in [0.15, 0.2) is 24.4 Å². The zero-order valence-corrected chi connectivity index (χ0v) is 15.5. The summed E-state index contributed by atoms with van der Waals surface area (Å²) in [7, 11) is 0. The summed E-state index contributed by atoms with van der Waals surface area (Å²) in [6.07, 6.45) is -1.41. The molecule has 2 aliphatic rings. The number of alkyl halides is 5. The first-order chi connectivity index (χ1) is 13.7. The fourth-order valence-corrected chi connectivity index (χ4v) is 3.64. The van der Waals surface area contributed by atoms with Crippen LogP contribution in [0.1, 0.15) is 41.4 Å². The third-order valence-corrected chi connectivity index (χ3v) is 5.14. The molecule has 2 fully saturated rings. The maximum atomic E-state index is 13.3. The topological polar surface area (TPSA) is 53.9 Å². The van der Waals surface area contributed by atoms with Crippen molar-refractivity contribution < 1.29 is 22.0 Å². The molecule has 1 unspecified atom stereocenters. The molecule has 29 heavy (non-hydrogen) atoms. The lowest BCUT2D eigenvalue weighted by Gasteiger charge is -2.39. The predicted octanol–water partition coefficient (Wildman–Crippen LogP) is 3.40. The fraction of sp³-hybridized carbons (Fsp3) is 0.526. The first-order valence-electron chi connectivity index (χ1n) is 9.43. The zero-order valence-electron chi connectivity index (χ0n) is 15.5. The average molecular weight is 413 g/mol. The fourth-order valence-electron chi connectivity index (χ4n) is 3.64. The molecule has 0 amide bonds. The largest absolute Gasteiger partial charge is 0.416 e. The van der Waals surface area contributed by atoms with Gasteiger partial charge in [-0.05, 0) is 37.6 Å². The smallest absolute Gasteiger partial charge is 0.329 e. The Kier molecular flexibility index (Phi) is 5.14. The number of anilines is 1. The van der Waals surface area contributed by atoms with Crippen molar-refractivity contribution in [1.29, 1.82) is 0 Å². The minimum Gasteiger partial charge on any atom is -0.329 e. The molecule has 2 saturated heterocycles. The standard InChI is InChI=1S/C19H20F5N5/c20-18(21)10-29(11-18)17-27-15(8-16(28-17)12-2-1-4-25-9-12)7-14-6-13(3-5-26-14)19(22,23)24/h3,5-6,8,12,25H,1-2,4,7,9-11H2. The number of hydrogen-bond donors (Lipinski definition) is 1. The Balaban J connectivity index is 1.63. The molecule has 0 radical (unpaired) electrons. The Morgan fingerprint density at radius 3 is 2.59 bits per heavy atom. The SMILES string of the molecule is FC1(F)CN(c2nc(Cc3cc(C(F)(F)F)ccn3)cc(C3CCCNC3)n2)C1. The molecule has 5 nitrogen and oxygen atoms in total. The molecule has 10 heteroatoms. The van der Waals surface area contributed by atoms with Crippen LogP contribution in [0, 0.1) is 0 Å². The molecule has 0 bridgehead atoms. The predicted molar refractivity (Wildman–Crippen MR) is 96.1 cm³/mol. The van der Waals surface area contributed by atoms with Gasteiger partial charge in [0.05, 0.1) is 30.0 Å². The molecule has 2 aromatic heterocycles. The van der Waals surface area contributed by atoms with E-state index in [2.05, 4.69) is 20.3 Å². The van der Waals surface area contributed by atoms with Crippen LogP contribution < -0.4 is 10.2 Å². The van der Waals surface area contributed by atoms with Gasteiger partial charge >= 0.3 is 6.18 Å². The Morgan fingerprint density at radius 2 is 1.93 bits per heavy atom. The van der Waals surface area contributed by atoms with E-state index in [0.29, 0.717) is 12.2 Å². The lowest BCUT2D eigenvalue weighted by Crippen LogP contribution is -2.57. The summed E-state index contributed by atoms with van der Waals surface area (Å²) >= 11 is 0. The minimum absolute atomic E-state index is 0.0663. The Hall–Kier alpha value is -2.36. The van der Waals surface area contributed by atoms with E-state index in [9.17, 15) is 22.0 Å². The molecule has 0 aromatic carbocycles. The highest BCUT2D eigenvalue weighted by molar-refractivity contribution is 5.39. The molecule has 2 aromatic rings. The van der Waals surface area contributed by atoms with Gasteiger partial charge in [-0.2, -0.15) is 13.2 Å². The number of pyridine rings is 1. The van der Waals surface area contributed by atoms with Crippen molar-refractivity contribution in [3.05, 3.63) is 47.0 Å². The highest BCUT2D eigenvalue weighted by atomic mass is 19.4. The molecule has 0 saturated carbocycles. The number of piperidine rings is 1. The number of halogens is 5. The van der Waals surface area contributed by atoms with Crippen molar-refractivity contribution >= 4 is 5.95 Å². The quantitative estimate of drug-likeness (QED) is 0.779. The van der Waals surface area contributed by atoms with E-state index in [1.54, 1.807) is 6.07 Å². The van der Waals surface area contributed by atoms with Gasteiger partial charge in [0.1, 0.15) is 0 Å². The molecule has 1 atom stereocenters. The van der Waals surface area contributed by atoms with Gasteiger partial charge in [0.25, 0.3) is 5.92 Å². The lowest BCUT2D eigenvalue weighted by atomic mass is 9.95. The number of hydrogen-bond acceptors (Lipinski definition) is 5. The summed E-state index contributed by atoms with van der Waals surface area (Å²) in [6.45, 7) is 0.711. The Morgan fingerprint density at radius 1 is 1.14 bits per heavy atom. The van der Waals surface area contributed by atoms with E-state index >= 15 is 0 Å². The molecular weight excluding hydrogens is 393 g/mol. The second-order valence-corrected chi connectivity index (χ2v) is 7.55. The van der Waals surface area contributed by atoms with Crippen molar-refractivity contribution in [3.8, 4) is 0 Å². The number of nitrogens with one attached hydrogen (secondary N) is 1. The molecule has 0 spiro atoms. The molecule has 156 valence electrons. The molecule has 0 aliphatic carbocycles. The molecule has 4 heterocycles.